The molecule has 1 heteroatoms. The number of furan rings is 1. The maximum Gasteiger partial charge on any atom is 0.143 e. The Morgan fingerprint density at radius 2 is 0.882 bits per heavy atom. The molecule has 0 aliphatic carbocycles. The van der Waals surface area contributed by atoms with Gasteiger partial charge in [0.05, 0.1) is 0 Å². The Morgan fingerprint density at radius 3 is 1.47 bits per heavy atom. The second-order valence-electron chi connectivity index (χ2n) is 13.8. The van der Waals surface area contributed by atoms with Crippen LogP contribution in [-0.2, 0) is 6.42 Å². The molecule has 1 heterocycles. The zero-order valence-corrected chi connectivity index (χ0v) is 28.6. The highest BCUT2D eigenvalue weighted by Gasteiger charge is 2.21. The van der Waals surface area contributed by atoms with Crippen molar-refractivity contribution in [2.45, 2.75) is 26.2 Å². The van der Waals surface area contributed by atoms with E-state index in [1.165, 1.54) is 89.3 Å². The van der Waals surface area contributed by atoms with Crippen molar-refractivity contribution in [2.24, 2.45) is 0 Å². The highest BCUT2D eigenvalue weighted by atomic mass is 16.3. The molecule has 0 saturated heterocycles. The first-order chi connectivity index (χ1) is 25.3. The predicted molar refractivity (Wildman–Crippen MR) is 219 cm³/mol. The molecule has 0 saturated carbocycles. The molecule has 0 N–H and O–H groups in total. The topological polar surface area (TPSA) is 13.1 Å². The van der Waals surface area contributed by atoms with Crippen LogP contribution in [-0.4, -0.2) is 0 Å². The van der Waals surface area contributed by atoms with E-state index in [-0.39, 0.29) is 0 Å². The molecule has 10 rings (SSSR count). The first kappa shape index (κ1) is 29.7. The third kappa shape index (κ3) is 4.62. The minimum absolute atomic E-state index is 0.906. The van der Waals surface area contributed by atoms with Crippen LogP contribution in [0.3, 0.4) is 0 Å². The summed E-state index contributed by atoms with van der Waals surface area (Å²) in [5.41, 5.74) is 10.6. The van der Waals surface area contributed by atoms with Crippen LogP contribution in [0.2, 0.25) is 0 Å². The third-order valence-electron chi connectivity index (χ3n) is 10.9. The number of benzene rings is 9. The fourth-order valence-electron chi connectivity index (χ4n) is 8.64. The van der Waals surface area contributed by atoms with Gasteiger partial charge in [0.1, 0.15) is 11.2 Å². The van der Waals surface area contributed by atoms with Gasteiger partial charge in [0.15, 0.2) is 0 Å². The molecule has 0 spiro atoms. The molecular formula is C50H36O. The molecule has 0 fully saturated rings. The fraction of sp³-hybridized carbons (Fsp3) is 0.0800. The summed E-state index contributed by atoms with van der Waals surface area (Å²) in [5, 5.41) is 12.6. The van der Waals surface area contributed by atoms with Gasteiger partial charge >= 0.3 is 0 Å². The summed E-state index contributed by atoms with van der Waals surface area (Å²) in [7, 11) is 0. The molecule has 51 heavy (non-hydrogen) atoms. The SMILES string of the molecule is CCCCc1c2ccccc2c(-c2ccc3oc4c(-c5c6ccccc6c(-c6ccccc6)c6ccccc56)cccc4c3c2)c2ccccc12. The van der Waals surface area contributed by atoms with Crippen LogP contribution in [0.4, 0.5) is 0 Å². The standard InChI is InChI=1S/C50H36O/c1-2-3-18-34-35-19-7-9-21-37(35)48(38-22-10-8-20-36(34)38)33-29-30-46-45(31-33)43-27-15-28-44(50(43)51-46)49-41-25-13-11-23-39(41)47(32-16-5-4-6-17-32)40-24-12-14-26-42(40)49/h4-17,19-31H,2-3,18H2,1H3. The summed E-state index contributed by atoms with van der Waals surface area (Å²) >= 11 is 0. The maximum absolute atomic E-state index is 6.88. The van der Waals surface area contributed by atoms with E-state index in [1.807, 2.05) is 0 Å². The highest BCUT2D eigenvalue weighted by Crippen LogP contribution is 2.47. The Bertz CT molecular complexity index is 2830. The minimum Gasteiger partial charge on any atom is -0.455 e. The van der Waals surface area contributed by atoms with Crippen molar-refractivity contribution < 1.29 is 4.42 Å². The third-order valence-corrected chi connectivity index (χ3v) is 10.9. The largest absolute Gasteiger partial charge is 0.455 e. The summed E-state index contributed by atoms with van der Waals surface area (Å²) in [5.74, 6) is 0. The summed E-state index contributed by atoms with van der Waals surface area (Å²) in [6, 6.07) is 59.9. The van der Waals surface area contributed by atoms with E-state index >= 15 is 0 Å². The van der Waals surface area contributed by atoms with Gasteiger partial charge in [0, 0.05) is 21.9 Å². The Balaban J connectivity index is 1.24. The molecule has 1 nitrogen and oxygen atoms in total. The van der Waals surface area contributed by atoms with E-state index in [0.29, 0.717) is 0 Å². The van der Waals surface area contributed by atoms with Gasteiger partial charge in [-0.15, -0.1) is 0 Å². The first-order valence-electron chi connectivity index (χ1n) is 18.2. The normalized spacial score (nSPS) is 11.9. The van der Waals surface area contributed by atoms with E-state index in [1.54, 1.807) is 0 Å². The lowest BCUT2D eigenvalue weighted by atomic mass is 9.85. The zero-order valence-electron chi connectivity index (χ0n) is 28.6. The zero-order chi connectivity index (χ0) is 33.9. The maximum atomic E-state index is 6.88. The van der Waals surface area contributed by atoms with E-state index in [2.05, 4.69) is 171 Å². The van der Waals surface area contributed by atoms with Crippen LogP contribution >= 0.6 is 0 Å². The quantitative estimate of drug-likeness (QED) is 0.163. The average molecular weight is 653 g/mol. The molecule has 0 atom stereocenters. The number of aryl methyl sites for hydroxylation is 1. The number of unbranched alkanes of at least 4 members (excludes halogenated alkanes) is 1. The van der Waals surface area contributed by atoms with E-state index < -0.39 is 0 Å². The van der Waals surface area contributed by atoms with Gasteiger partial charge in [-0.05, 0) is 95.9 Å². The van der Waals surface area contributed by atoms with Gasteiger partial charge in [0.25, 0.3) is 0 Å². The van der Waals surface area contributed by atoms with E-state index in [9.17, 15) is 0 Å². The van der Waals surface area contributed by atoms with Crippen LogP contribution in [0.15, 0.2) is 168 Å². The van der Waals surface area contributed by atoms with Crippen molar-refractivity contribution in [3.63, 3.8) is 0 Å². The first-order valence-corrected chi connectivity index (χ1v) is 18.2. The number of para-hydroxylation sites is 1. The molecule has 10 aromatic rings. The second kappa shape index (κ2) is 12.0. The number of rotatable bonds is 6. The smallest absolute Gasteiger partial charge is 0.143 e. The Kier molecular flexibility index (Phi) is 6.99. The lowest BCUT2D eigenvalue weighted by Crippen LogP contribution is -1.94. The second-order valence-corrected chi connectivity index (χ2v) is 13.8. The predicted octanol–water partition coefficient (Wildman–Crippen LogP) is 14.5. The Labute approximate surface area is 297 Å². The molecule has 0 amide bonds. The minimum atomic E-state index is 0.906. The summed E-state index contributed by atoms with van der Waals surface area (Å²) in [6.07, 6.45) is 3.45. The molecule has 242 valence electrons. The van der Waals surface area contributed by atoms with Crippen molar-refractivity contribution in [2.75, 3.05) is 0 Å². The molecule has 0 aliphatic heterocycles. The van der Waals surface area contributed by atoms with Crippen LogP contribution in [0.1, 0.15) is 25.3 Å². The van der Waals surface area contributed by atoms with Crippen molar-refractivity contribution in [1.82, 2.24) is 0 Å². The van der Waals surface area contributed by atoms with Crippen LogP contribution in [0, 0.1) is 0 Å². The van der Waals surface area contributed by atoms with Gasteiger partial charge < -0.3 is 4.42 Å². The van der Waals surface area contributed by atoms with Gasteiger partial charge in [0.2, 0.25) is 0 Å². The molecule has 9 aromatic carbocycles. The van der Waals surface area contributed by atoms with Crippen molar-refractivity contribution >= 4 is 65.0 Å². The van der Waals surface area contributed by atoms with Crippen molar-refractivity contribution in [3.8, 4) is 33.4 Å². The lowest BCUT2D eigenvalue weighted by Gasteiger charge is -2.17. The van der Waals surface area contributed by atoms with Crippen LogP contribution in [0.5, 0.6) is 0 Å². The highest BCUT2D eigenvalue weighted by molar-refractivity contribution is 6.24. The average Bonchev–Trinajstić information content (AvgIpc) is 3.57. The van der Waals surface area contributed by atoms with E-state index in [4.69, 9.17) is 4.42 Å². The summed E-state index contributed by atoms with van der Waals surface area (Å²) in [4.78, 5) is 0. The summed E-state index contributed by atoms with van der Waals surface area (Å²) in [6.45, 7) is 2.28. The molecule has 0 radical (unpaired) electrons. The van der Waals surface area contributed by atoms with Crippen molar-refractivity contribution in [1.29, 1.82) is 0 Å². The Morgan fingerprint density at radius 1 is 0.392 bits per heavy atom. The molecule has 0 unspecified atom stereocenters. The van der Waals surface area contributed by atoms with Gasteiger partial charge in [-0.1, -0.05) is 165 Å². The van der Waals surface area contributed by atoms with Gasteiger partial charge in [-0.2, -0.15) is 0 Å². The number of hydrogen-bond donors (Lipinski definition) is 0. The van der Waals surface area contributed by atoms with Crippen LogP contribution < -0.4 is 0 Å². The molecular weight excluding hydrogens is 617 g/mol. The van der Waals surface area contributed by atoms with E-state index in [0.717, 1.165) is 33.9 Å². The van der Waals surface area contributed by atoms with Gasteiger partial charge in [-0.3, -0.25) is 0 Å². The summed E-state index contributed by atoms with van der Waals surface area (Å²) < 4.78 is 6.88. The number of fused-ring (bicyclic) bond motifs is 7. The number of hydrogen-bond acceptors (Lipinski definition) is 1. The Hall–Kier alpha value is -6.18. The van der Waals surface area contributed by atoms with Gasteiger partial charge in [-0.25, -0.2) is 0 Å². The monoisotopic (exact) mass is 652 g/mol. The molecule has 0 aliphatic rings. The van der Waals surface area contributed by atoms with Crippen LogP contribution in [0.25, 0.3) is 98.4 Å². The molecule has 1 aromatic heterocycles. The molecule has 0 bridgehead atoms. The lowest BCUT2D eigenvalue weighted by molar-refractivity contribution is 0.670. The fourth-order valence-corrected chi connectivity index (χ4v) is 8.64. The van der Waals surface area contributed by atoms with Crippen molar-refractivity contribution in [3.05, 3.63) is 169 Å².